The fraction of sp³-hybridized carbons (Fsp3) is 0.333. The SMILES string of the molecule is C#CCONc1nccn(CC)c1=O. The van der Waals surface area contributed by atoms with Gasteiger partial charge >= 0.3 is 0 Å². The first kappa shape index (κ1) is 10.3. The minimum absolute atomic E-state index is 0.0855. The van der Waals surface area contributed by atoms with Crippen LogP contribution in [0.25, 0.3) is 0 Å². The summed E-state index contributed by atoms with van der Waals surface area (Å²) in [5.41, 5.74) is 2.17. The lowest BCUT2D eigenvalue weighted by atomic mass is 10.6. The number of nitrogens with zero attached hydrogens (tertiary/aromatic N) is 2. The first-order valence-electron chi connectivity index (χ1n) is 4.16. The van der Waals surface area contributed by atoms with Gasteiger partial charge < -0.3 is 4.57 Å². The molecule has 1 aromatic heterocycles. The lowest BCUT2D eigenvalue weighted by Gasteiger charge is -2.05. The Morgan fingerprint density at radius 2 is 2.57 bits per heavy atom. The summed E-state index contributed by atoms with van der Waals surface area (Å²) >= 11 is 0. The highest BCUT2D eigenvalue weighted by atomic mass is 16.6. The number of nitrogens with one attached hydrogen (secondary N) is 1. The Morgan fingerprint density at radius 1 is 1.79 bits per heavy atom. The molecule has 0 radical (unpaired) electrons. The monoisotopic (exact) mass is 193 g/mol. The van der Waals surface area contributed by atoms with Crippen LogP contribution >= 0.6 is 0 Å². The van der Waals surface area contributed by atoms with Crippen LogP contribution in [0.3, 0.4) is 0 Å². The molecule has 1 N–H and O–H groups in total. The van der Waals surface area contributed by atoms with Crippen LogP contribution in [0.15, 0.2) is 17.2 Å². The van der Waals surface area contributed by atoms with Gasteiger partial charge in [0, 0.05) is 18.9 Å². The molecule has 14 heavy (non-hydrogen) atoms. The Morgan fingerprint density at radius 3 is 3.21 bits per heavy atom. The Balaban J connectivity index is 2.78. The number of aromatic nitrogens is 2. The summed E-state index contributed by atoms with van der Waals surface area (Å²) in [6, 6.07) is 0. The second-order valence-corrected chi connectivity index (χ2v) is 2.46. The number of aryl methyl sites for hydroxylation is 1. The highest BCUT2D eigenvalue weighted by molar-refractivity contribution is 5.27. The minimum Gasteiger partial charge on any atom is -0.311 e. The first-order valence-corrected chi connectivity index (χ1v) is 4.16. The zero-order chi connectivity index (χ0) is 10.4. The predicted octanol–water partition coefficient (Wildman–Crippen LogP) is 0.240. The summed E-state index contributed by atoms with van der Waals surface area (Å²) in [4.78, 5) is 20.1. The van der Waals surface area contributed by atoms with Crippen LogP contribution in [0.5, 0.6) is 0 Å². The van der Waals surface area contributed by atoms with Crippen LogP contribution in [0.1, 0.15) is 6.92 Å². The fourth-order valence-corrected chi connectivity index (χ4v) is 0.912. The lowest BCUT2D eigenvalue weighted by molar-refractivity contribution is 0.231. The molecule has 1 heterocycles. The van der Waals surface area contributed by atoms with E-state index in [2.05, 4.69) is 16.4 Å². The molecule has 0 amide bonds. The van der Waals surface area contributed by atoms with E-state index in [0.717, 1.165) is 0 Å². The third-order valence-electron chi connectivity index (χ3n) is 1.58. The number of anilines is 1. The molecule has 0 saturated heterocycles. The van der Waals surface area contributed by atoms with Crippen LogP contribution in [0.4, 0.5) is 5.82 Å². The van der Waals surface area contributed by atoms with E-state index in [1.165, 1.54) is 10.8 Å². The predicted molar refractivity (Wildman–Crippen MR) is 52.6 cm³/mol. The normalized spacial score (nSPS) is 9.43. The minimum atomic E-state index is -0.230. The van der Waals surface area contributed by atoms with E-state index in [9.17, 15) is 4.79 Å². The molecular weight excluding hydrogens is 182 g/mol. The van der Waals surface area contributed by atoms with Gasteiger partial charge in [0.05, 0.1) is 0 Å². The molecular formula is C9H11N3O2. The molecule has 0 aliphatic rings. The Hall–Kier alpha value is -1.80. The number of hydrogen-bond donors (Lipinski definition) is 1. The van der Waals surface area contributed by atoms with Gasteiger partial charge in [-0.3, -0.25) is 9.63 Å². The highest BCUT2D eigenvalue weighted by Crippen LogP contribution is 1.92. The average Bonchev–Trinajstić information content (AvgIpc) is 2.21. The van der Waals surface area contributed by atoms with Crippen LogP contribution in [-0.2, 0) is 11.4 Å². The van der Waals surface area contributed by atoms with Crippen molar-refractivity contribution in [2.24, 2.45) is 0 Å². The maximum atomic E-state index is 11.5. The van der Waals surface area contributed by atoms with Crippen molar-refractivity contribution in [2.75, 3.05) is 12.1 Å². The Labute approximate surface area is 81.7 Å². The quantitative estimate of drug-likeness (QED) is 0.423. The first-order chi connectivity index (χ1) is 6.79. The third kappa shape index (κ3) is 2.34. The summed E-state index contributed by atoms with van der Waals surface area (Å²) in [5, 5.41) is 0. The molecule has 74 valence electrons. The van der Waals surface area contributed by atoms with E-state index in [1.54, 1.807) is 6.20 Å². The van der Waals surface area contributed by atoms with Gasteiger partial charge in [-0.2, -0.15) is 0 Å². The third-order valence-corrected chi connectivity index (χ3v) is 1.58. The molecule has 0 spiro atoms. The van der Waals surface area contributed by atoms with Crippen molar-refractivity contribution < 1.29 is 4.84 Å². The van der Waals surface area contributed by atoms with E-state index < -0.39 is 0 Å². The van der Waals surface area contributed by atoms with Crippen molar-refractivity contribution in [2.45, 2.75) is 13.5 Å². The lowest BCUT2D eigenvalue weighted by Crippen LogP contribution is -2.23. The van der Waals surface area contributed by atoms with Gasteiger partial charge in [-0.25, -0.2) is 10.5 Å². The van der Waals surface area contributed by atoms with Gasteiger partial charge in [0.1, 0.15) is 6.61 Å². The van der Waals surface area contributed by atoms with Crippen LogP contribution < -0.4 is 11.0 Å². The number of terminal acetylenes is 1. The van der Waals surface area contributed by atoms with E-state index in [4.69, 9.17) is 11.3 Å². The van der Waals surface area contributed by atoms with Crippen LogP contribution in [0.2, 0.25) is 0 Å². The zero-order valence-corrected chi connectivity index (χ0v) is 7.86. The summed E-state index contributed by atoms with van der Waals surface area (Å²) in [6.45, 7) is 2.54. The second kappa shape index (κ2) is 5.04. The summed E-state index contributed by atoms with van der Waals surface area (Å²) in [7, 11) is 0. The molecule has 1 aromatic rings. The molecule has 0 bridgehead atoms. The van der Waals surface area contributed by atoms with Gasteiger partial charge in [-0.15, -0.1) is 6.42 Å². The standard InChI is InChI=1S/C9H11N3O2/c1-3-7-14-11-8-9(13)12(4-2)6-5-10-8/h1,5-6H,4,7H2,2H3,(H,10,11). The van der Waals surface area contributed by atoms with Crippen molar-refractivity contribution in [1.29, 1.82) is 0 Å². The topological polar surface area (TPSA) is 56.1 Å². The van der Waals surface area contributed by atoms with E-state index in [0.29, 0.717) is 6.54 Å². The maximum absolute atomic E-state index is 11.5. The largest absolute Gasteiger partial charge is 0.311 e. The molecule has 0 aliphatic carbocycles. The van der Waals surface area contributed by atoms with E-state index in [1.807, 2.05) is 6.92 Å². The van der Waals surface area contributed by atoms with Gasteiger partial charge in [0.25, 0.3) is 5.56 Å². The summed E-state index contributed by atoms with van der Waals surface area (Å²) < 4.78 is 1.51. The second-order valence-electron chi connectivity index (χ2n) is 2.46. The molecule has 0 saturated carbocycles. The van der Waals surface area contributed by atoms with Crippen molar-refractivity contribution in [3.63, 3.8) is 0 Å². The molecule has 5 heteroatoms. The summed E-state index contributed by atoms with van der Waals surface area (Å²) in [5.74, 6) is 2.41. The average molecular weight is 193 g/mol. The fourth-order valence-electron chi connectivity index (χ4n) is 0.912. The zero-order valence-electron chi connectivity index (χ0n) is 7.86. The van der Waals surface area contributed by atoms with Crippen molar-refractivity contribution >= 4 is 5.82 Å². The Kier molecular flexibility index (Phi) is 3.70. The maximum Gasteiger partial charge on any atom is 0.295 e. The smallest absolute Gasteiger partial charge is 0.295 e. The van der Waals surface area contributed by atoms with E-state index >= 15 is 0 Å². The molecule has 0 aliphatic heterocycles. The van der Waals surface area contributed by atoms with Crippen molar-refractivity contribution in [3.05, 3.63) is 22.7 Å². The van der Waals surface area contributed by atoms with E-state index in [-0.39, 0.29) is 18.0 Å². The highest BCUT2D eigenvalue weighted by Gasteiger charge is 2.01. The molecule has 5 nitrogen and oxygen atoms in total. The van der Waals surface area contributed by atoms with Crippen LogP contribution in [0, 0.1) is 12.3 Å². The van der Waals surface area contributed by atoms with Gasteiger partial charge in [0.15, 0.2) is 0 Å². The molecule has 0 atom stereocenters. The summed E-state index contributed by atoms with van der Waals surface area (Å²) in [6.07, 6.45) is 8.09. The molecule has 0 fully saturated rings. The van der Waals surface area contributed by atoms with Crippen LogP contribution in [-0.4, -0.2) is 16.2 Å². The molecule has 0 unspecified atom stereocenters. The number of rotatable bonds is 4. The van der Waals surface area contributed by atoms with Crippen molar-refractivity contribution in [1.82, 2.24) is 9.55 Å². The van der Waals surface area contributed by atoms with Gasteiger partial charge in [-0.1, -0.05) is 5.92 Å². The Bertz CT molecular complexity index is 392. The molecule has 1 rings (SSSR count). The van der Waals surface area contributed by atoms with Gasteiger partial charge in [0.2, 0.25) is 5.82 Å². The molecule has 0 aromatic carbocycles. The van der Waals surface area contributed by atoms with Gasteiger partial charge in [-0.05, 0) is 6.92 Å². The van der Waals surface area contributed by atoms with Crippen molar-refractivity contribution in [3.8, 4) is 12.3 Å². The number of hydrogen-bond acceptors (Lipinski definition) is 4.